The third kappa shape index (κ3) is 3.10. The molecule has 0 heterocycles. The molecule has 0 amide bonds. The summed E-state index contributed by atoms with van der Waals surface area (Å²) in [5, 5.41) is 1.97. The summed E-state index contributed by atoms with van der Waals surface area (Å²) >= 11 is 3.23. The maximum absolute atomic E-state index is 12.3. The molecule has 3 aromatic rings. The van der Waals surface area contributed by atoms with Crippen LogP contribution in [-0.2, 0) is 0 Å². The molecule has 2 nitrogen and oxygen atoms in total. The van der Waals surface area contributed by atoms with Crippen molar-refractivity contribution in [2.45, 2.75) is 0 Å². The topological polar surface area (TPSA) is 26.3 Å². The molecule has 0 fully saturated rings. The lowest BCUT2D eigenvalue weighted by molar-refractivity contribution is 0.0737. The van der Waals surface area contributed by atoms with E-state index in [2.05, 4.69) is 15.9 Å². The van der Waals surface area contributed by atoms with Crippen LogP contribution in [0.15, 0.2) is 71.7 Å². The molecule has 0 unspecified atom stereocenters. The summed E-state index contributed by atoms with van der Waals surface area (Å²) in [5.41, 5.74) is 1.54. The molecule has 0 N–H and O–H groups in total. The van der Waals surface area contributed by atoms with Crippen LogP contribution in [0.1, 0.15) is 15.9 Å². The zero-order chi connectivity index (χ0) is 15.4. The van der Waals surface area contributed by atoms with E-state index in [0.717, 1.165) is 16.3 Å². The standard InChI is InChI=1S/C19H13BrO2/c20-13-12-14-8-10-16(11-9-14)19(21)22-18-7-3-5-15-4-1-2-6-17(15)18/h1-13H/b13-12+. The summed E-state index contributed by atoms with van der Waals surface area (Å²) in [6.07, 6.45) is 1.90. The van der Waals surface area contributed by atoms with E-state index >= 15 is 0 Å². The van der Waals surface area contributed by atoms with Crippen molar-refractivity contribution in [1.82, 2.24) is 0 Å². The molecule has 3 rings (SSSR count). The molecule has 0 aliphatic heterocycles. The number of ether oxygens (including phenoxy) is 1. The molecule has 3 aromatic carbocycles. The SMILES string of the molecule is O=C(Oc1cccc2ccccc12)c1ccc(/C=C/Br)cc1. The van der Waals surface area contributed by atoms with Crippen molar-refractivity contribution in [3.05, 3.63) is 82.8 Å². The summed E-state index contributed by atoms with van der Waals surface area (Å²) in [4.78, 5) is 14.1. The highest BCUT2D eigenvalue weighted by molar-refractivity contribution is 9.11. The molecular weight excluding hydrogens is 340 g/mol. The fraction of sp³-hybridized carbons (Fsp3) is 0. The first-order chi connectivity index (χ1) is 10.8. The fourth-order valence-corrected chi connectivity index (χ4v) is 2.55. The van der Waals surface area contributed by atoms with Gasteiger partial charge in [-0.15, -0.1) is 0 Å². The first kappa shape index (κ1) is 14.5. The smallest absolute Gasteiger partial charge is 0.343 e. The number of hydrogen-bond donors (Lipinski definition) is 0. The van der Waals surface area contributed by atoms with Crippen LogP contribution in [0.2, 0.25) is 0 Å². The minimum Gasteiger partial charge on any atom is -0.422 e. The van der Waals surface area contributed by atoms with Gasteiger partial charge in [-0.05, 0) is 40.2 Å². The number of fused-ring (bicyclic) bond motifs is 1. The molecule has 0 atom stereocenters. The Hall–Kier alpha value is -2.39. The largest absolute Gasteiger partial charge is 0.422 e. The summed E-state index contributed by atoms with van der Waals surface area (Å²) in [5.74, 6) is 0.221. The number of benzene rings is 3. The zero-order valence-electron chi connectivity index (χ0n) is 11.7. The highest BCUT2D eigenvalue weighted by Gasteiger charge is 2.10. The fourth-order valence-electron chi connectivity index (χ4n) is 2.25. The van der Waals surface area contributed by atoms with Crippen molar-refractivity contribution in [3.63, 3.8) is 0 Å². The molecule has 0 bridgehead atoms. The van der Waals surface area contributed by atoms with Crippen molar-refractivity contribution >= 4 is 38.7 Å². The Balaban J connectivity index is 1.86. The number of carbonyl (C=O) groups is 1. The zero-order valence-corrected chi connectivity index (χ0v) is 13.3. The number of halogens is 1. The maximum atomic E-state index is 12.3. The van der Waals surface area contributed by atoms with Gasteiger partial charge in [-0.1, -0.05) is 64.5 Å². The van der Waals surface area contributed by atoms with Crippen molar-refractivity contribution in [3.8, 4) is 5.75 Å². The Bertz CT molecular complexity index is 830. The first-order valence-corrected chi connectivity index (χ1v) is 7.76. The molecule has 0 radical (unpaired) electrons. The van der Waals surface area contributed by atoms with Gasteiger partial charge in [0.2, 0.25) is 0 Å². The van der Waals surface area contributed by atoms with E-state index in [-0.39, 0.29) is 5.97 Å². The second-order valence-electron chi connectivity index (χ2n) is 4.78. The van der Waals surface area contributed by atoms with Crippen molar-refractivity contribution in [1.29, 1.82) is 0 Å². The molecule has 0 spiro atoms. The van der Waals surface area contributed by atoms with Gasteiger partial charge in [-0.3, -0.25) is 0 Å². The number of rotatable bonds is 3. The first-order valence-electron chi connectivity index (χ1n) is 6.85. The van der Waals surface area contributed by atoms with Gasteiger partial charge in [0.15, 0.2) is 0 Å². The minimum atomic E-state index is -0.356. The van der Waals surface area contributed by atoms with Gasteiger partial charge < -0.3 is 4.74 Å². The van der Waals surface area contributed by atoms with Crippen molar-refractivity contribution in [2.24, 2.45) is 0 Å². The van der Waals surface area contributed by atoms with Crippen LogP contribution >= 0.6 is 15.9 Å². The van der Waals surface area contributed by atoms with Crippen LogP contribution in [-0.4, -0.2) is 5.97 Å². The Morgan fingerprint density at radius 2 is 1.64 bits per heavy atom. The van der Waals surface area contributed by atoms with Crippen LogP contribution in [0.25, 0.3) is 16.8 Å². The lowest BCUT2D eigenvalue weighted by Gasteiger charge is -2.08. The second kappa shape index (κ2) is 6.58. The Labute approximate surface area is 137 Å². The summed E-state index contributed by atoms with van der Waals surface area (Å²) < 4.78 is 5.55. The third-order valence-corrected chi connectivity index (χ3v) is 3.62. The van der Waals surface area contributed by atoms with E-state index in [1.165, 1.54) is 0 Å². The predicted octanol–water partition coefficient (Wildman–Crippen LogP) is 5.42. The predicted molar refractivity (Wildman–Crippen MR) is 93.3 cm³/mol. The van der Waals surface area contributed by atoms with Crippen molar-refractivity contribution < 1.29 is 9.53 Å². The average molecular weight is 353 g/mol. The van der Waals surface area contributed by atoms with Crippen LogP contribution in [0.5, 0.6) is 5.75 Å². The van der Waals surface area contributed by atoms with Crippen LogP contribution in [0.4, 0.5) is 0 Å². The van der Waals surface area contributed by atoms with Gasteiger partial charge in [0, 0.05) is 5.39 Å². The monoisotopic (exact) mass is 352 g/mol. The van der Waals surface area contributed by atoms with E-state index in [9.17, 15) is 4.79 Å². The van der Waals surface area contributed by atoms with Crippen LogP contribution < -0.4 is 4.74 Å². The van der Waals surface area contributed by atoms with Crippen molar-refractivity contribution in [2.75, 3.05) is 0 Å². The molecule has 0 aliphatic carbocycles. The van der Waals surface area contributed by atoms with Gasteiger partial charge in [-0.2, -0.15) is 0 Å². The number of esters is 1. The van der Waals surface area contributed by atoms with E-state index in [0.29, 0.717) is 11.3 Å². The van der Waals surface area contributed by atoms with Gasteiger partial charge in [0.05, 0.1) is 5.56 Å². The van der Waals surface area contributed by atoms with Gasteiger partial charge >= 0.3 is 5.97 Å². The van der Waals surface area contributed by atoms with E-state index in [1.54, 1.807) is 17.1 Å². The summed E-state index contributed by atoms with van der Waals surface area (Å²) in [6, 6.07) is 20.8. The van der Waals surface area contributed by atoms with Gasteiger partial charge in [0.1, 0.15) is 5.75 Å². The summed E-state index contributed by atoms with van der Waals surface area (Å²) in [7, 11) is 0. The Kier molecular flexibility index (Phi) is 4.35. The maximum Gasteiger partial charge on any atom is 0.343 e. The quantitative estimate of drug-likeness (QED) is 0.464. The Morgan fingerprint density at radius 1 is 0.909 bits per heavy atom. The molecule has 0 saturated heterocycles. The lowest BCUT2D eigenvalue weighted by atomic mass is 10.1. The van der Waals surface area contributed by atoms with E-state index < -0.39 is 0 Å². The van der Waals surface area contributed by atoms with Crippen LogP contribution in [0, 0.1) is 0 Å². The number of hydrogen-bond acceptors (Lipinski definition) is 2. The molecule has 0 saturated carbocycles. The lowest BCUT2D eigenvalue weighted by Crippen LogP contribution is -2.08. The molecule has 22 heavy (non-hydrogen) atoms. The van der Waals surface area contributed by atoms with Crippen LogP contribution in [0.3, 0.4) is 0 Å². The normalized spacial score (nSPS) is 11.0. The molecular formula is C19H13BrO2. The molecule has 0 aromatic heterocycles. The minimum absolute atomic E-state index is 0.356. The van der Waals surface area contributed by atoms with E-state index in [4.69, 9.17) is 4.74 Å². The average Bonchev–Trinajstić information content (AvgIpc) is 2.56. The molecule has 0 aliphatic rings. The van der Waals surface area contributed by atoms with Gasteiger partial charge in [-0.25, -0.2) is 4.79 Å². The second-order valence-corrected chi connectivity index (χ2v) is 5.31. The number of carbonyl (C=O) groups excluding carboxylic acids is 1. The van der Waals surface area contributed by atoms with Gasteiger partial charge in [0.25, 0.3) is 0 Å². The third-order valence-electron chi connectivity index (χ3n) is 3.35. The summed E-state index contributed by atoms with van der Waals surface area (Å²) in [6.45, 7) is 0. The van der Waals surface area contributed by atoms with E-state index in [1.807, 2.05) is 60.7 Å². The molecule has 108 valence electrons. The molecule has 3 heteroatoms. The highest BCUT2D eigenvalue weighted by atomic mass is 79.9. The Morgan fingerprint density at radius 3 is 2.41 bits per heavy atom. The highest BCUT2D eigenvalue weighted by Crippen LogP contribution is 2.26.